The molecule has 1 aliphatic heterocycles. The van der Waals surface area contributed by atoms with Crippen molar-refractivity contribution in [3.63, 3.8) is 0 Å². The Morgan fingerprint density at radius 3 is 2.29 bits per heavy atom. The summed E-state index contributed by atoms with van der Waals surface area (Å²) in [4.78, 5) is 13.2. The van der Waals surface area contributed by atoms with Crippen LogP contribution in [0.5, 0.6) is 0 Å². The van der Waals surface area contributed by atoms with E-state index in [1.807, 2.05) is 0 Å². The van der Waals surface area contributed by atoms with Crippen molar-refractivity contribution in [3.8, 4) is 0 Å². The zero-order valence-electron chi connectivity index (χ0n) is 16.0. The van der Waals surface area contributed by atoms with Crippen LogP contribution in [0, 0.1) is 0 Å². The third-order valence-electron chi connectivity index (χ3n) is 5.34. The Morgan fingerprint density at radius 1 is 1.00 bits per heavy atom. The highest BCUT2D eigenvalue weighted by Gasteiger charge is 2.42. The van der Waals surface area contributed by atoms with Gasteiger partial charge in [0.15, 0.2) is 0 Å². The van der Waals surface area contributed by atoms with E-state index in [-0.39, 0.29) is 29.1 Å². The number of alkyl halides is 6. The molecule has 0 aliphatic carbocycles. The number of benzene rings is 2. The number of nitrogens with zero attached hydrogens (tertiary/aromatic N) is 1. The maximum Gasteiger partial charge on any atom is 0.416 e. The standard InChI is InChI=1S/C21H18ClF6NO2/c22-16-9-8-12(20(23,24)25)11-14(16)18(29-10-4-3-7-17(29)19(30)31)13-5-1-2-6-15(13)21(26,27)28/h1-2,5-6,8-9,11,17-18H,3-4,7,10H2,(H,30,31). The summed E-state index contributed by atoms with van der Waals surface area (Å²) in [7, 11) is 0. The van der Waals surface area contributed by atoms with E-state index in [1.165, 1.54) is 17.0 Å². The molecule has 0 saturated carbocycles. The fourth-order valence-corrected chi connectivity index (χ4v) is 4.20. The number of piperidine rings is 1. The van der Waals surface area contributed by atoms with Crippen LogP contribution in [0.15, 0.2) is 42.5 Å². The summed E-state index contributed by atoms with van der Waals surface area (Å²) in [5.74, 6) is -1.25. The number of aliphatic carboxylic acids is 1. The Balaban J connectivity index is 2.29. The molecule has 0 radical (unpaired) electrons. The first-order chi connectivity index (χ1) is 14.4. The second-order valence-corrected chi connectivity index (χ2v) is 7.72. The van der Waals surface area contributed by atoms with Gasteiger partial charge in [-0.2, -0.15) is 26.3 Å². The first-order valence-electron chi connectivity index (χ1n) is 9.42. The number of carbonyl (C=O) groups is 1. The van der Waals surface area contributed by atoms with Gasteiger partial charge >= 0.3 is 18.3 Å². The lowest BCUT2D eigenvalue weighted by molar-refractivity contribution is -0.146. The van der Waals surface area contributed by atoms with Gasteiger partial charge in [-0.25, -0.2) is 0 Å². The average Bonchev–Trinajstić information content (AvgIpc) is 2.68. The van der Waals surface area contributed by atoms with Crippen LogP contribution in [0.2, 0.25) is 5.02 Å². The summed E-state index contributed by atoms with van der Waals surface area (Å²) >= 11 is 6.18. The van der Waals surface area contributed by atoms with Crippen molar-refractivity contribution >= 4 is 17.6 Å². The number of hydrogen-bond acceptors (Lipinski definition) is 2. The summed E-state index contributed by atoms with van der Waals surface area (Å²) in [6.45, 7) is 0.0976. The summed E-state index contributed by atoms with van der Waals surface area (Å²) < 4.78 is 81.4. The minimum atomic E-state index is -4.79. The van der Waals surface area contributed by atoms with E-state index < -0.39 is 41.5 Å². The van der Waals surface area contributed by atoms with E-state index in [0.717, 1.165) is 24.3 Å². The molecule has 1 aliphatic rings. The molecule has 1 heterocycles. The first-order valence-corrected chi connectivity index (χ1v) is 9.80. The maximum absolute atomic E-state index is 13.8. The molecule has 2 aromatic carbocycles. The second-order valence-electron chi connectivity index (χ2n) is 7.31. The maximum atomic E-state index is 13.8. The molecule has 2 unspecified atom stereocenters. The number of hydrogen-bond donors (Lipinski definition) is 1. The first kappa shape index (κ1) is 23.4. The van der Waals surface area contributed by atoms with Crippen LogP contribution in [-0.4, -0.2) is 28.6 Å². The lowest BCUT2D eigenvalue weighted by Crippen LogP contribution is -2.47. The van der Waals surface area contributed by atoms with Gasteiger partial charge in [-0.3, -0.25) is 9.69 Å². The van der Waals surface area contributed by atoms with Gasteiger partial charge < -0.3 is 5.11 Å². The number of carboxylic acid groups (broad SMARTS) is 1. The monoisotopic (exact) mass is 465 g/mol. The third kappa shape index (κ3) is 4.98. The fourth-order valence-electron chi connectivity index (χ4n) is 3.98. The van der Waals surface area contributed by atoms with Crippen molar-refractivity contribution in [1.82, 2.24) is 4.90 Å². The van der Waals surface area contributed by atoms with Crippen LogP contribution in [0.4, 0.5) is 26.3 Å². The highest BCUT2D eigenvalue weighted by molar-refractivity contribution is 6.31. The Morgan fingerprint density at radius 2 is 1.68 bits per heavy atom. The van der Waals surface area contributed by atoms with Crippen molar-refractivity contribution in [3.05, 3.63) is 69.7 Å². The van der Waals surface area contributed by atoms with Crippen LogP contribution >= 0.6 is 11.6 Å². The largest absolute Gasteiger partial charge is 0.480 e. The minimum Gasteiger partial charge on any atom is -0.480 e. The molecule has 1 N–H and O–H groups in total. The Labute approximate surface area is 179 Å². The van der Waals surface area contributed by atoms with E-state index in [2.05, 4.69) is 0 Å². The van der Waals surface area contributed by atoms with Crippen molar-refractivity contribution < 1.29 is 36.2 Å². The molecule has 2 atom stereocenters. The van der Waals surface area contributed by atoms with Crippen LogP contribution in [0.3, 0.4) is 0 Å². The molecule has 0 amide bonds. The fraction of sp³-hybridized carbons (Fsp3) is 0.381. The van der Waals surface area contributed by atoms with E-state index >= 15 is 0 Å². The smallest absolute Gasteiger partial charge is 0.416 e. The number of rotatable bonds is 4. The van der Waals surface area contributed by atoms with Crippen molar-refractivity contribution in [2.45, 2.75) is 43.7 Å². The summed E-state index contributed by atoms with van der Waals surface area (Å²) in [5.41, 5.74) is -2.70. The Kier molecular flexibility index (Phi) is 6.57. The number of halogens is 7. The molecule has 1 fully saturated rings. The van der Waals surface area contributed by atoms with Gasteiger partial charge in [-0.05, 0) is 54.8 Å². The SMILES string of the molecule is O=C(O)C1CCCCN1C(c1cc(C(F)(F)F)ccc1Cl)c1ccccc1C(F)(F)F. The predicted molar refractivity (Wildman–Crippen MR) is 102 cm³/mol. The summed E-state index contributed by atoms with van der Waals surface area (Å²) in [5, 5.41) is 9.48. The molecule has 0 aromatic heterocycles. The zero-order chi connectivity index (χ0) is 23.0. The van der Waals surface area contributed by atoms with E-state index in [9.17, 15) is 36.2 Å². The molecule has 3 rings (SSSR count). The van der Waals surface area contributed by atoms with Gasteiger partial charge in [-0.15, -0.1) is 0 Å². The van der Waals surface area contributed by atoms with Crippen molar-refractivity contribution in [1.29, 1.82) is 0 Å². The minimum absolute atomic E-state index is 0.0976. The lowest BCUT2D eigenvalue weighted by Gasteiger charge is -2.40. The summed E-state index contributed by atoms with van der Waals surface area (Å²) in [6, 6.07) is 4.31. The van der Waals surface area contributed by atoms with Gasteiger partial charge in [0.2, 0.25) is 0 Å². The molecule has 31 heavy (non-hydrogen) atoms. The number of likely N-dealkylation sites (tertiary alicyclic amines) is 1. The normalized spacial score (nSPS) is 19.3. The molecular weight excluding hydrogens is 448 g/mol. The second kappa shape index (κ2) is 8.70. The molecule has 3 nitrogen and oxygen atoms in total. The quantitative estimate of drug-likeness (QED) is 0.531. The van der Waals surface area contributed by atoms with Gasteiger partial charge in [0.25, 0.3) is 0 Å². The Hall–Kier alpha value is -2.26. The van der Waals surface area contributed by atoms with Gasteiger partial charge in [0.05, 0.1) is 17.2 Å². The van der Waals surface area contributed by atoms with Gasteiger partial charge in [0.1, 0.15) is 6.04 Å². The molecular formula is C21H18ClF6NO2. The van der Waals surface area contributed by atoms with E-state index in [1.54, 1.807) is 0 Å². The average molecular weight is 466 g/mol. The Bertz CT molecular complexity index is 960. The highest BCUT2D eigenvalue weighted by Crippen LogP contribution is 2.44. The molecule has 168 valence electrons. The van der Waals surface area contributed by atoms with Gasteiger partial charge in [-0.1, -0.05) is 36.2 Å². The van der Waals surface area contributed by atoms with Crippen LogP contribution < -0.4 is 0 Å². The van der Waals surface area contributed by atoms with Crippen molar-refractivity contribution in [2.75, 3.05) is 6.54 Å². The molecule has 10 heteroatoms. The molecule has 0 bridgehead atoms. The lowest BCUT2D eigenvalue weighted by atomic mass is 9.88. The highest BCUT2D eigenvalue weighted by atomic mass is 35.5. The molecule has 0 spiro atoms. The summed E-state index contributed by atoms with van der Waals surface area (Å²) in [6.07, 6.45) is -8.35. The van der Waals surface area contributed by atoms with Crippen LogP contribution in [0.25, 0.3) is 0 Å². The zero-order valence-corrected chi connectivity index (χ0v) is 16.7. The van der Waals surface area contributed by atoms with Gasteiger partial charge in [0, 0.05) is 5.02 Å². The molecule has 1 saturated heterocycles. The molecule has 2 aromatic rings. The van der Waals surface area contributed by atoms with Crippen molar-refractivity contribution in [2.24, 2.45) is 0 Å². The number of carboxylic acids is 1. The van der Waals surface area contributed by atoms with Crippen LogP contribution in [0.1, 0.15) is 47.6 Å². The third-order valence-corrected chi connectivity index (χ3v) is 5.68. The van der Waals surface area contributed by atoms with E-state index in [4.69, 9.17) is 11.6 Å². The predicted octanol–water partition coefficient (Wildman–Crippen LogP) is 6.41. The van der Waals surface area contributed by atoms with E-state index in [0.29, 0.717) is 18.9 Å². The topological polar surface area (TPSA) is 40.5 Å². The van der Waals surface area contributed by atoms with Crippen LogP contribution in [-0.2, 0) is 17.1 Å².